The van der Waals surface area contributed by atoms with Crippen LogP contribution >= 0.6 is 0 Å². The number of hydrogen-bond acceptors (Lipinski definition) is 6. The summed E-state index contributed by atoms with van der Waals surface area (Å²) in [5, 5.41) is 2.77. The number of carbonyl (C=O) groups excluding carboxylic acids is 2. The number of nitrogens with zero attached hydrogens (tertiary/aromatic N) is 2. The lowest BCUT2D eigenvalue weighted by atomic mass is 10.1. The van der Waals surface area contributed by atoms with Crippen LogP contribution in [0.5, 0.6) is 11.5 Å². The summed E-state index contributed by atoms with van der Waals surface area (Å²) in [5.41, 5.74) is 0.309. The molecule has 10 heteroatoms. The number of benzene rings is 2. The van der Waals surface area contributed by atoms with Gasteiger partial charge in [0.05, 0.1) is 30.8 Å². The zero-order chi connectivity index (χ0) is 21.5. The maximum atomic E-state index is 13.3. The van der Waals surface area contributed by atoms with Crippen molar-refractivity contribution in [1.29, 1.82) is 0 Å². The van der Waals surface area contributed by atoms with Gasteiger partial charge in [0.15, 0.2) is 0 Å². The average Bonchev–Trinajstić information content (AvgIpc) is 3.19. The molecule has 2 aromatic carbocycles. The van der Waals surface area contributed by atoms with E-state index in [1.165, 1.54) is 26.4 Å². The third-order valence-corrected chi connectivity index (χ3v) is 7.21. The lowest BCUT2D eigenvalue weighted by molar-refractivity contribution is -0.122. The highest BCUT2D eigenvalue weighted by molar-refractivity contribution is 7.89. The number of fused-ring (bicyclic) bond motifs is 1. The molecule has 9 nitrogen and oxygen atoms in total. The predicted octanol–water partition coefficient (Wildman–Crippen LogP) is 1.59. The molecule has 2 aliphatic heterocycles. The van der Waals surface area contributed by atoms with Gasteiger partial charge in [-0.2, -0.15) is 4.31 Å². The topological polar surface area (TPSA) is 105 Å². The Morgan fingerprint density at radius 3 is 2.37 bits per heavy atom. The van der Waals surface area contributed by atoms with Crippen LogP contribution in [0.3, 0.4) is 0 Å². The van der Waals surface area contributed by atoms with Gasteiger partial charge in [0, 0.05) is 12.6 Å². The van der Waals surface area contributed by atoms with E-state index in [-0.39, 0.29) is 11.4 Å². The van der Waals surface area contributed by atoms with E-state index in [1.807, 2.05) is 0 Å². The summed E-state index contributed by atoms with van der Waals surface area (Å²) in [6, 6.07) is 10.3. The predicted molar refractivity (Wildman–Crippen MR) is 108 cm³/mol. The first-order valence-corrected chi connectivity index (χ1v) is 10.8. The van der Waals surface area contributed by atoms with E-state index >= 15 is 0 Å². The van der Waals surface area contributed by atoms with Gasteiger partial charge in [0.25, 0.3) is 5.91 Å². The maximum absolute atomic E-state index is 13.3. The monoisotopic (exact) mass is 431 g/mol. The number of nitrogens with one attached hydrogen (secondary N) is 1. The minimum Gasteiger partial charge on any atom is -0.497 e. The number of sulfonamides is 1. The number of ether oxygens (including phenoxy) is 2. The fourth-order valence-corrected chi connectivity index (χ4v) is 5.45. The molecule has 0 bridgehead atoms. The fraction of sp³-hybridized carbons (Fsp3) is 0.300. The maximum Gasteiger partial charge on any atom is 0.329 e. The van der Waals surface area contributed by atoms with E-state index in [0.717, 1.165) is 9.21 Å². The molecular formula is C20H21N3O6S. The third-order valence-electron chi connectivity index (χ3n) is 5.31. The van der Waals surface area contributed by atoms with Gasteiger partial charge < -0.3 is 14.8 Å². The summed E-state index contributed by atoms with van der Waals surface area (Å²) in [6.45, 7) is 0.127. The normalized spacial score (nSPS) is 21.9. The van der Waals surface area contributed by atoms with Crippen LogP contribution in [0.2, 0.25) is 0 Å². The fourth-order valence-electron chi connectivity index (χ4n) is 3.81. The molecule has 2 saturated heterocycles. The van der Waals surface area contributed by atoms with Crippen molar-refractivity contribution >= 4 is 27.6 Å². The number of imide groups is 1. The van der Waals surface area contributed by atoms with E-state index in [2.05, 4.69) is 5.32 Å². The molecule has 0 aliphatic carbocycles. The minimum absolute atomic E-state index is 0.0570. The second kappa shape index (κ2) is 7.62. The molecule has 1 N–H and O–H groups in total. The summed E-state index contributed by atoms with van der Waals surface area (Å²) in [6.07, 6.45) is 0.351. The molecule has 2 atom stereocenters. The zero-order valence-electron chi connectivity index (χ0n) is 16.4. The first-order chi connectivity index (χ1) is 14.4. The van der Waals surface area contributed by atoms with E-state index in [9.17, 15) is 18.0 Å². The molecule has 2 fully saturated rings. The zero-order valence-corrected chi connectivity index (χ0v) is 17.3. The number of amides is 3. The molecule has 158 valence electrons. The second-order valence-electron chi connectivity index (χ2n) is 6.96. The summed E-state index contributed by atoms with van der Waals surface area (Å²) < 4.78 is 37.9. The summed E-state index contributed by atoms with van der Waals surface area (Å²) in [5.74, 6) is 0.411. The van der Waals surface area contributed by atoms with Crippen molar-refractivity contribution in [3.8, 4) is 11.5 Å². The van der Waals surface area contributed by atoms with Crippen molar-refractivity contribution in [2.24, 2.45) is 0 Å². The molecule has 0 unspecified atom stereocenters. The smallest absolute Gasteiger partial charge is 0.329 e. The largest absolute Gasteiger partial charge is 0.497 e. The molecule has 4 rings (SSSR count). The van der Waals surface area contributed by atoms with E-state index in [4.69, 9.17) is 9.47 Å². The molecular weight excluding hydrogens is 410 g/mol. The number of rotatable bonds is 5. The van der Waals surface area contributed by atoms with Gasteiger partial charge >= 0.3 is 6.03 Å². The number of methoxy groups -OCH3 is 2. The Hall–Kier alpha value is -3.11. The molecule has 0 aromatic heterocycles. The standard InChI is InChI=1S/C20H21N3O6S/c1-28-14-6-8-16(9-7-14)30(26,27)22-11-10-17-18(22)19(24)23(20(25)21-17)13-4-3-5-15(12-13)29-2/h3-9,12,17-18H,10-11H2,1-2H3,(H,21,25)/t17-,18+/m1/s1. The minimum atomic E-state index is -3.95. The van der Waals surface area contributed by atoms with Gasteiger partial charge in [-0.25, -0.2) is 18.1 Å². The van der Waals surface area contributed by atoms with Gasteiger partial charge in [-0.05, 0) is 42.8 Å². The van der Waals surface area contributed by atoms with Crippen molar-refractivity contribution in [2.75, 3.05) is 25.7 Å². The Balaban J connectivity index is 1.68. The van der Waals surface area contributed by atoms with Crippen molar-refractivity contribution in [3.05, 3.63) is 48.5 Å². The van der Waals surface area contributed by atoms with E-state index < -0.39 is 34.0 Å². The van der Waals surface area contributed by atoms with Crippen LogP contribution in [0.15, 0.2) is 53.4 Å². The van der Waals surface area contributed by atoms with Crippen LogP contribution in [-0.2, 0) is 14.8 Å². The van der Waals surface area contributed by atoms with Crippen molar-refractivity contribution in [3.63, 3.8) is 0 Å². The molecule has 3 amide bonds. The highest BCUT2D eigenvalue weighted by Crippen LogP contribution is 2.33. The average molecular weight is 431 g/mol. The Bertz CT molecular complexity index is 1090. The number of anilines is 1. The Morgan fingerprint density at radius 2 is 1.70 bits per heavy atom. The van der Waals surface area contributed by atoms with Crippen molar-refractivity contribution in [1.82, 2.24) is 9.62 Å². The molecule has 2 heterocycles. The first kappa shape index (κ1) is 20.2. The summed E-state index contributed by atoms with van der Waals surface area (Å²) >= 11 is 0. The Labute approximate surface area is 174 Å². The molecule has 2 aliphatic rings. The van der Waals surface area contributed by atoms with Crippen LogP contribution in [-0.4, -0.2) is 57.5 Å². The molecule has 30 heavy (non-hydrogen) atoms. The van der Waals surface area contributed by atoms with E-state index in [1.54, 1.807) is 36.4 Å². The molecule has 2 aromatic rings. The second-order valence-corrected chi connectivity index (χ2v) is 8.85. The summed E-state index contributed by atoms with van der Waals surface area (Å²) in [7, 11) is -0.978. The van der Waals surface area contributed by atoms with Gasteiger partial charge in [-0.1, -0.05) is 6.07 Å². The van der Waals surface area contributed by atoms with Crippen LogP contribution in [0.4, 0.5) is 10.5 Å². The Morgan fingerprint density at radius 1 is 1.00 bits per heavy atom. The molecule has 0 radical (unpaired) electrons. The Kier molecular flexibility index (Phi) is 5.12. The van der Waals surface area contributed by atoms with Crippen molar-refractivity contribution < 1.29 is 27.5 Å². The van der Waals surface area contributed by atoms with Crippen LogP contribution in [0.1, 0.15) is 6.42 Å². The van der Waals surface area contributed by atoms with Gasteiger partial charge in [-0.15, -0.1) is 0 Å². The highest BCUT2D eigenvalue weighted by atomic mass is 32.2. The number of urea groups is 1. The van der Waals surface area contributed by atoms with E-state index in [0.29, 0.717) is 23.6 Å². The van der Waals surface area contributed by atoms with Crippen LogP contribution in [0, 0.1) is 0 Å². The molecule has 0 spiro atoms. The number of carbonyl (C=O) groups is 2. The highest BCUT2D eigenvalue weighted by Gasteiger charge is 2.52. The lowest BCUT2D eigenvalue weighted by Crippen LogP contribution is -2.64. The quantitative estimate of drug-likeness (QED) is 0.771. The SMILES string of the molecule is COc1ccc(S(=O)(=O)N2CC[C@H]3NC(=O)N(c4cccc(OC)c4)C(=O)[C@H]32)cc1. The number of hydrogen-bond donors (Lipinski definition) is 1. The van der Waals surface area contributed by atoms with Gasteiger partial charge in [0.1, 0.15) is 17.5 Å². The third kappa shape index (κ3) is 3.27. The summed E-state index contributed by atoms with van der Waals surface area (Å²) in [4.78, 5) is 26.9. The van der Waals surface area contributed by atoms with Crippen LogP contribution in [0.25, 0.3) is 0 Å². The van der Waals surface area contributed by atoms with Gasteiger partial charge in [0.2, 0.25) is 10.0 Å². The molecule has 0 saturated carbocycles. The lowest BCUT2D eigenvalue weighted by Gasteiger charge is -2.36. The van der Waals surface area contributed by atoms with Gasteiger partial charge in [-0.3, -0.25) is 4.79 Å². The van der Waals surface area contributed by atoms with Crippen molar-refractivity contribution in [2.45, 2.75) is 23.4 Å². The first-order valence-electron chi connectivity index (χ1n) is 9.31. The van der Waals surface area contributed by atoms with Crippen LogP contribution < -0.4 is 19.7 Å².